The summed E-state index contributed by atoms with van der Waals surface area (Å²) in [4.78, 5) is 33.6. The molecule has 1 heterocycles. The summed E-state index contributed by atoms with van der Waals surface area (Å²) in [5.74, 6) is 0.0505. The second-order valence-corrected chi connectivity index (χ2v) is 5.34. The first-order valence-corrected chi connectivity index (χ1v) is 7.60. The number of carbonyl (C=O) groups is 2. The van der Waals surface area contributed by atoms with Gasteiger partial charge in [-0.2, -0.15) is 0 Å². The number of hydrogen-bond donors (Lipinski definition) is 1. The van der Waals surface area contributed by atoms with Gasteiger partial charge in [-0.25, -0.2) is 4.79 Å². The number of esters is 1. The molecule has 2 aromatic rings. The predicted octanol–water partition coefficient (Wildman–Crippen LogP) is 1.80. The van der Waals surface area contributed by atoms with Crippen LogP contribution in [0.15, 0.2) is 42.5 Å². The predicted molar refractivity (Wildman–Crippen MR) is 87.8 cm³/mol. The van der Waals surface area contributed by atoms with Gasteiger partial charge in [-0.15, -0.1) is 0 Å². The Hall–Kier alpha value is -3.62. The summed E-state index contributed by atoms with van der Waals surface area (Å²) in [6.45, 7) is -0.0470. The van der Waals surface area contributed by atoms with Gasteiger partial charge in [0.15, 0.2) is 18.1 Å². The minimum Gasteiger partial charge on any atom is -0.454 e. The number of nitro groups is 1. The van der Waals surface area contributed by atoms with E-state index < -0.39 is 23.4 Å². The van der Waals surface area contributed by atoms with E-state index in [4.69, 9.17) is 14.2 Å². The number of nitrogens with zero attached hydrogens (tertiary/aromatic N) is 1. The molecular weight excluding hydrogens is 344 g/mol. The molecule has 0 radical (unpaired) electrons. The van der Waals surface area contributed by atoms with E-state index in [-0.39, 0.29) is 24.6 Å². The van der Waals surface area contributed by atoms with Crippen molar-refractivity contribution in [1.29, 1.82) is 0 Å². The molecule has 1 aliphatic heterocycles. The van der Waals surface area contributed by atoms with Crippen LogP contribution < -0.4 is 14.8 Å². The van der Waals surface area contributed by atoms with Gasteiger partial charge in [-0.05, 0) is 29.8 Å². The van der Waals surface area contributed by atoms with E-state index in [0.29, 0.717) is 11.5 Å². The van der Waals surface area contributed by atoms with E-state index in [1.807, 2.05) is 0 Å². The third-order valence-corrected chi connectivity index (χ3v) is 3.57. The Morgan fingerprint density at radius 2 is 1.85 bits per heavy atom. The van der Waals surface area contributed by atoms with Crippen LogP contribution in [0.3, 0.4) is 0 Å². The van der Waals surface area contributed by atoms with Gasteiger partial charge in [0.2, 0.25) is 6.79 Å². The van der Waals surface area contributed by atoms with E-state index >= 15 is 0 Å². The lowest BCUT2D eigenvalue weighted by Crippen LogP contribution is -2.28. The number of rotatable bonds is 6. The third kappa shape index (κ3) is 4.07. The van der Waals surface area contributed by atoms with Gasteiger partial charge in [0, 0.05) is 18.7 Å². The molecule has 0 unspecified atom stereocenters. The monoisotopic (exact) mass is 358 g/mol. The average Bonchev–Trinajstić information content (AvgIpc) is 3.12. The second-order valence-electron chi connectivity index (χ2n) is 5.34. The zero-order chi connectivity index (χ0) is 18.5. The summed E-state index contributed by atoms with van der Waals surface area (Å²) < 4.78 is 15.3. The largest absolute Gasteiger partial charge is 0.454 e. The first-order chi connectivity index (χ1) is 12.5. The number of nitrogens with one attached hydrogen (secondary N) is 1. The van der Waals surface area contributed by atoms with Crippen LogP contribution in [-0.4, -0.2) is 30.2 Å². The minimum atomic E-state index is -0.738. The Balaban J connectivity index is 1.46. The van der Waals surface area contributed by atoms with E-state index in [9.17, 15) is 19.7 Å². The highest BCUT2D eigenvalue weighted by atomic mass is 16.7. The number of carbonyl (C=O) groups excluding carboxylic acids is 2. The van der Waals surface area contributed by atoms with Crippen molar-refractivity contribution < 1.29 is 28.7 Å². The number of nitro benzene ring substituents is 1. The number of fused-ring (bicyclic) bond motifs is 1. The van der Waals surface area contributed by atoms with Crippen molar-refractivity contribution in [2.45, 2.75) is 6.54 Å². The van der Waals surface area contributed by atoms with Crippen LogP contribution in [0.1, 0.15) is 15.9 Å². The zero-order valence-corrected chi connectivity index (χ0v) is 13.5. The summed E-state index contributed by atoms with van der Waals surface area (Å²) in [6, 6.07) is 10.2. The maximum atomic E-state index is 11.8. The van der Waals surface area contributed by atoms with Gasteiger partial charge in [-0.1, -0.05) is 6.07 Å². The summed E-state index contributed by atoms with van der Waals surface area (Å²) in [7, 11) is 0. The van der Waals surface area contributed by atoms with Gasteiger partial charge in [0.25, 0.3) is 11.6 Å². The molecule has 9 heteroatoms. The molecule has 0 saturated heterocycles. The Labute approximate surface area is 147 Å². The lowest BCUT2D eigenvalue weighted by molar-refractivity contribution is -0.384. The quantitative estimate of drug-likeness (QED) is 0.475. The van der Waals surface area contributed by atoms with Gasteiger partial charge >= 0.3 is 5.97 Å². The fourth-order valence-corrected chi connectivity index (χ4v) is 2.24. The molecule has 0 aliphatic carbocycles. The van der Waals surface area contributed by atoms with Crippen LogP contribution >= 0.6 is 0 Å². The maximum absolute atomic E-state index is 11.8. The molecule has 1 aliphatic rings. The molecule has 0 bridgehead atoms. The fraction of sp³-hybridized carbons (Fsp3) is 0.176. The molecule has 0 atom stereocenters. The Morgan fingerprint density at radius 3 is 2.58 bits per heavy atom. The standard InChI is InChI=1S/C17H14N2O7/c20-16(18-8-11-1-6-14-15(7-11)26-10-25-14)9-24-17(21)12-2-4-13(5-3-12)19(22)23/h1-7H,8-10H2,(H,18,20). The molecule has 1 amide bonds. The van der Waals surface area contributed by atoms with Crippen molar-refractivity contribution in [1.82, 2.24) is 5.32 Å². The zero-order valence-electron chi connectivity index (χ0n) is 13.5. The van der Waals surface area contributed by atoms with Crippen LogP contribution in [0.5, 0.6) is 11.5 Å². The minimum absolute atomic E-state index is 0.124. The molecule has 0 saturated carbocycles. The van der Waals surface area contributed by atoms with Crippen molar-refractivity contribution in [3.63, 3.8) is 0 Å². The van der Waals surface area contributed by atoms with Crippen LogP contribution in [-0.2, 0) is 16.1 Å². The Kier molecular flexibility index (Phi) is 4.97. The molecule has 0 fully saturated rings. The molecule has 0 spiro atoms. The fourth-order valence-electron chi connectivity index (χ4n) is 2.24. The number of benzene rings is 2. The van der Waals surface area contributed by atoms with Gasteiger partial charge in [0.1, 0.15) is 0 Å². The van der Waals surface area contributed by atoms with Gasteiger partial charge < -0.3 is 19.5 Å². The number of amides is 1. The summed E-state index contributed by atoms with van der Waals surface area (Å²) >= 11 is 0. The molecule has 9 nitrogen and oxygen atoms in total. The summed E-state index contributed by atoms with van der Waals surface area (Å²) in [5.41, 5.74) is 0.798. The molecule has 26 heavy (non-hydrogen) atoms. The molecule has 3 rings (SSSR count). The molecule has 0 aromatic heterocycles. The Bertz CT molecular complexity index is 849. The summed E-state index contributed by atoms with van der Waals surface area (Å²) in [6.07, 6.45) is 0. The molecule has 2 aromatic carbocycles. The van der Waals surface area contributed by atoms with E-state index in [2.05, 4.69) is 5.32 Å². The molecule has 134 valence electrons. The SMILES string of the molecule is O=C(COC(=O)c1ccc([N+](=O)[O-])cc1)NCc1ccc2c(c1)OCO2. The highest BCUT2D eigenvalue weighted by Crippen LogP contribution is 2.32. The molecular formula is C17H14N2O7. The second kappa shape index (κ2) is 7.51. The lowest BCUT2D eigenvalue weighted by Gasteiger charge is -2.07. The normalized spacial score (nSPS) is 11.7. The average molecular weight is 358 g/mol. The highest BCUT2D eigenvalue weighted by molar-refractivity contribution is 5.91. The van der Waals surface area contributed by atoms with Crippen LogP contribution in [0, 0.1) is 10.1 Å². The van der Waals surface area contributed by atoms with Crippen LogP contribution in [0.2, 0.25) is 0 Å². The number of non-ortho nitro benzene ring substituents is 1. The van der Waals surface area contributed by atoms with E-state index in [1.165, 1.54) is 24.3 Å². The maximum Gasteiger partial charge on any atom is 0.338 e. The molecule has 1 N–H and O–H groups in total. The van der Waals surface area contributed by atoms with Gasteiger partial charge in [0.05, 0.1) is 10.5 Å². The Morgan fingerprint density at radius 1 is 1.12 bits per heavy atom. The highest BCUT2D eigenvalue weighted by Gasteiger charge is 2.15. The third-order valence-electron chi connectivity index (χ3n) is 3.57. The van der Waals surface area contributed by atoms with Crippen molar-refractivity contribution in [2.75, 3.05) is 13.4 Å². The van der Waals surface area contributed by atoms with Crippen molar-refractivity contribution >= 4 is 17.6 Å². The first kappa shape index (κ1) is 17.2. The topological polar surface area (TPSA) is 117 Å². The smallest absolute Gasteiger partial charge is 0.338 e. The lowest BCUT2D eigenvalue weighted by atomic mass is 10.2. The van der Waals surface area contributed by atoms with E-state index in [1.54, 1.807) is 18.2 Å². The van der Waals surface area contributed by atoms with Crippen molar-refractivity contribution in [2.24, 2.45) is 0 Å². The van der Waals surface area contributed by atoms with Crippen LogP contribution in [0.4, 0.5) is 5.69 Å². The van der Waals surface area contributed by atoms with Crippen LogP contribution in [0.25, 0.3) is 0 Å². The van der Waals surface area contributed by atoms with Gasteiger partial charge in [-0.3, -0.25) is 14.9 Å². The number of ether oxygens (including phenoxy) is 3. The number of hydrogen-bond acceptors (Lipinski definition) is 7. The first-order valence-electron chi connectivity index (χ1n) is 7.60. The van der Waals surface area contributed by atoms with Crippen molar-refractivity contribution in [3.8, 4) is 11.5 Å². The van der Waals surface area contributed by atoms with E-state index in [0.717, 1.165) is 5.56 Å². The van der Waals surface area contributed by atoms with Crippen molar-refractivity contribution in [3.05, 3.63) is 63.7 Å². The summed E-state index contributed by atoms with van der Waals surface area (Å²) in [5, 5.41) is 13.2.